The zero-order chi connectivity index (χ0) is 16.6. The summed E-state index contributed by atoms with van der Waals surface area (Å²) >= 11 is 0. The Morgan fingerprint density at radius 1 is 1.17 bits per heavy atom. The Morgan fingerprint density at radius 3 is 2.74 bits per heavy atom. The average molecular weight is 319 g/mol. The molecule has 7 heteroatoms. The van der Waals surface area contributed by atoms with Crippen LogP contribution in [0.25, 0.3) is 11.0 Å². The van der Waals surface area contributed by atoms with Gasteiger partial charge in [-0.2, -0.15) is 0 Å². The van der Waals surface area contributed by atoms with E-state index in [4.69, 9.17) is 0 Å². The standard InChI is InChI=1S/C16H12F3N3O/c1-8-21-12-5-2-9(6-13(12)22-8)7-20-16(23)10-3-4-11(17)15(19)14(10)18/h2-6H,7H2,1H3,(H,20,23)(H,21,22). The van der Waals surface area contributed by atoms with E-state index in [1.54, 1.807) is 18.2 Å². The maximum Gasteiger partial charge on any atom is 0.254 e. The van der Waals surface area contributed by atoms with Crippen LogP contribution in [0.15, 0.2) is 30.3 Å². The molecule has 0 bridgehead atoms. The minimum Gasteiger partial charge on any atom is -0.348 e. The lowest BCUT2D eigenvalue weighted by Gasteiger charge is -2.07. The lowest BCUT2D eigenvalue weighted by atomic mass is 10.1. The highest BCUT2D eigenvalue weighted by atomic mass is 19.2. The molecule has 0 atom stereocenters. The van der Waals surface area contributed by atoms with Crippen LogP contribution in [0, 0.1) is 24.4 Å². The predicted molar refractivity (Wildman–Crippen MR) is 78.3 cm³/mol. The number of nitrogens with one attached hydrogen (secondary N) is 2. The van der Waals surface area contributed by atoms with Crippen LogP contribution in [0.2, 0.25) is 0 Å². The number of hydrogen-bond acceptors (Lipinski definition) is 2. The Kier molecular flexibility index (Phi) is 3.77. The van der Waals surface area contributed by atoms with E-state index in [0.29, 0.717) is 6.07 Å². The van der Waals surface area contributed by atoms with Crippen LogP contribution in [0.5, 0.6) is 0 Å². The third kappa shape index (κ3) is 2.90. The molecule has 1 heterocycles. The fourth-order valence-corrected chi connectivity index (χ4v) is 2.27. The summed E-state index contributed by atoms with van der Waals surface area (Å²) in [5, 5.41) is 2.47. The fraction of sp³-hybridized carbons (Fsp3) is 0.125. The van der Waals surface area contributed by atoms with Crippen molar-refractivity contribution in [1.29, 1.82) is 0 Å². The molecule has 0 aliphatic heterocycles. The molecule has 118 valence electrons. The number of amides is 1. The Bertz CT molecular complexity index is 905. The number of fused-ring (bicyclic) bond motifs is 1. The highest BCUT2D eigenvalue weighted by Gasteiger charge is 2.18. The first-order valence-electron chi connectivity index (χ1n) is 6.82. The molecule has 0 fully saturated rings. The molecular weight excluding hydrogens is 307 g/mol. The molecule has 1 amide bonds. The van der Waals surface area contributed by atoms with E-state index in [1.807, 2.05) is 6.92 Å². The molecule has 2 aromatic carbocycles. The molecule has 3 aromatic rings. The van der Waals surface area contributed by atoms with Crippen LogP contribution >= 0.6 is 0 Å². The minimum absolute atomic E-state index is 0.116. The van der Waals surface area contributed by atoms with Gasteiger partial charge in [0.1, 0.15) is 5.82 Å². The summed E-state index contributed by atoms with van der Waals surface area (Å²) in [6, 6.07) is 6.98. The first-order valence-corrected chi connectivity index (χ1v) is 6.82. The second-order valence-electron chi connectivity index (χ2n) is 5.08. The van der Waals surface area contributed by atoms with Crippen molar-refractivity contribution in [1.82, 2.24) is 15.3 Å². The van der Waals surface area contributed by atoms with Gasteiger partial charge >= 0.3 is 0 Å². The van der Waals surface area contributed by atoms with Crippen LogP contribution in [0.4, 0.5) is 13.2 Å². The first kappa shape index (κ1) is 15.1. The number of aromatic nitrogens is 2. The smallest absolute Gasteiger partial charge is 0.254 e. The molecule has 0 aliphatic rings. The van der Waals surface area contributed by atoms with Gasteiger partial charge in [-0.3, -0.25) is 4.79 Å². The zero-order valence-corrected chi connectivity index (χ0v) is 12.1. The Morgan fingerprint density at radius 2 is 1.96 bits per heavy atom. The summed E-state index contributed by atoms with van der Waals surface area (Å²) in [6.45, 7) is 1.94. The van der Waals surface area contributed by atoms with Crippen molar-refractivity contribution >= 4 is 16.9 Å². The van der Waals surface area contributed by atoms with E-state index in [2.05, 4.69) is 15.3 Å². The van der Waals surface area contributed by atoms with Gasteiger partial charge in [0, 0.05) is 6.54 Å². The maximum atomic E-state index is 13.6. The van der Waals surface area contributed by atoms with Crippen molar-refractivity contribution in [3.8, 4) is 0 Å². The number of benzene rings is 2. The quantitative estimate of drug-likeness (QED) is 0.728. The number of aromatic amines is 1. The molecule has 0 saturated carbocycles. The molecule has 3 rings (SSSR count). The number of H-pyrrole nitrogens is 1. The van der Waals surface area contributed by atoms with E-state index >= 15 is 0 Å². The van der Waals surface area contributed by atoms with Crippen molar-refractivity contribution < 1.29 is 18.0 Å². The summed E-state index contributed by atoms with van der Waals surface area (Å²) in [7, 11) is 0. The third-order valence-electron chi connectivity index (χ3n) is 3.40. The number of rotatable bonds is 3. The fourth-order valence-electron chi connectivity index (χ4n) is 2.27. The predicted octanol–water partition coefficient (Wildman–Crippen LogP) is 3.22. The van der Waals surface area contributed by atoms with Crippen LogP contribution in [-0.2, 0) is 6.54 Å². The van der Waals surface area contributed by atoms with Gasteiger partial charge in [-0.05, 0) is 36.8 Å². The third-order valence-corrected chi connectivity index (χ3v) is 3.40. The van der Waals surface area contributed by atoms with Crippen LogP contribution in [0.3, 0.4) is 0 Å². The number of carbonyl (C=O) groups excluding carboxylic acids is 1. The van der Waals surface area contributed by atoms with Crippen LogP contribution in [-0.4, -0.2) is 15.9 Å². The van der Waals surface area contributed by atoms with Gasteiger partial charge < -0.3 is 10.3 Å². The van der Waals surface area contributed by atoms with Gasteiger partial charge in [-0.25, -0.2) is 18.2 Å². The van der Waals surface area contributed by atoms with E-state index in [-0.39, 0.29) is 6.54 Å². The normalized spacial score (nSPS) is 11.0. The second-order valence-corrected chi connectivity index (χ2v) is 5.08. The molecule has 1 aromatic heterocycles. The van der Waals surface area contributed by atoms with Crippen molar-refractivity contribution in [2.75, 3.05) is 0 Å². The average Bonchev–Trinajstić information content (AvgIpc) is 2.89. The lowest BCUT2D eigenvalue weighted by Crippen LogP contribution is -2.24. The minimum atomic E-state index is -1.66. The monoisotopic (exact) mass is 319 g/mol. The number of nitrogens with zero attached hydrogens (tertiary/aromatic N) is 1. The molecule has 2 N–H and O–H groups in total. The molecule has 4 nitrogen and oxygen atoms in total. The number of aryl methyl sites for hydroxylation is 1. The van der Waals surface area contributed by atoms with Gasteiger partial charge in [-0.1, -0.05) is 6.07 Å². The highest BCUT2D eigenvalue weighted by Crippen LogP contribution is 2.16. The SMILES string of the molecule is Cc1nc2ccc(CNC(=O)c3ccc(F)c(F)c3F)cc2[nH]1. The number of carbonyl (C=O) groups is 1. The summed E-state index contributed by atoms with van der Waals surface area (Å²) in [5.74, 6) is -4.54. The van der Waals surface area contributed by atoms with E-state index < -0.39 is 28.9 Å². The lowest BCUT2D eigenvalue weighted by molar-refractivity contribution is 0.0945. The van der Waals surface area contributed by atoms with Crippen molar-refractivity contribution in [2.45, 2.75) is 13.5 Å². The molecule has 0 aliphatic carbocycles. The van der Waals surface area contributed by atoms with Gasteiger partial charge in [0.05, 0.1) is 16.6 Å². The van der Waals surface area contributed by atoms with Gasteiger partial charge in [0.15, 0.2) is 17.5 Å². The largest absolute Gasteiger partial charge is 0.348 e. The van der Waals surface area contributed by atoms with Crippen LogP contribution < -0.4 is 5.32 Å². The van der Waals surface area contributed by atoms with E-state index in [9.17, 15) is 18.0 Å². The first-order chi connectivity index (χ1) is 11.0. The summed E-state index contributed by atoms with van der Waals surface area (Å²) in [5.41, 5.74) is 1.83. The van der Waals surface area contributed by atoms with Gasteiger partial charge in [0.25, 0.3) is 5.91 Å². The molecule has 0 radical (unpaired) electrons. The van der Waals surface area contributed by atoms with Gasteiger partial charge in [-0.15, -0.1) is 0 Å². The molecule has 0 unspecified atom stereocenters. The molecule has 0 saturated heterocycles. The molecular formula is C16H12F3N3O. The zero-order valence-electron chi connectivity index (χ0n) is 12.1. The summed E-state index contributed by atoms with van der Waals surface area (Å²) in [4.78, 5) is 19.2. The van der Waals surface area contributed by atoms with E-state index in [1.165, 1.54) is 0 Å². The highest BCUT2D eigenvalue weighted by molar-refractivity contribution is 5.94. The number of halogens is 3. The maximum absolute atomic E-state index is 13.6. The van der Waals surface area contributed by atoms with Gasteiger partial charge in [0.2, 0.25) is 0 Å². The van der Waals surface area contributed by atoms with Crippen molar-refractivity contribution in [3.63, 3.8) is 0 Å². The summed E-state index contributed by atoms with van der Waals surface area (Å²) < 4.78 is 39.6. The Hall–Kier alpha value is -2.83. The molecule has 23 heavy (non-hydrogen) atoms. The van der Waals surface area contributed by atoms with Crippen LogP contribution in [0.1, 0.15) is 21.7 Å². The number of hydrogen-bond donors (Lipinski definition) is 2. The summed E-state index contributed by atoms with van der Waals surface area (Å²) in [6.07, 6.45) is 0. The second kappa shape index (κ2) is 5.75. The Labute approximate surface area is 129 Å². The Balaban J connectivity index is 1.76. The van der Waals surface area contributed by atoms with E-state index in [0.717, 1.165) is 28.5 Å². The molecule has 0 spiro atoms. The topological polar surface area (TPSA) is 57.8 Å². The van der Waals surface area contributed by atoms with Crippen molar-refractivity contribution in [2.24, 2.45) is 0 Å². The van der Waals surface area contributed by atoms with Crippen molar-refractivity contribution in [3.05, 3.63) is 64.7 Å². The number of imidazole rings is 1.